The van der Waals surface area contributed by atoms with Crippen LogP contribution in [0.3, 0.4) is 0 Å². The van der Waals surface area contributed by atoms with Gasteiger partial charge in [-0.1, -0.05) is 17.7 Å². The number of pyridine rings is 1. The lowest BCUT2D eigenvalue weighted by molar-refractivity contribution is -0.132. The van der Waals surface area contributed by atoms with E-state index in [0.29, 0.717) is 6.42 Å². The fourth-order valence-corrected chi connectivity index (χ4v) is 5.03. The Hall–Kier alpha value is -2.17. The second-order valence-corrected chi connectivity index (χ2v) is 9.01. The van der Waals surface area contributed by atoms with Gasteiger partial charge in [-0.2, -0.15) is 0 Å². The van der Waals surface area contributed by atoms with Crippen molar-refractivity contribution in [3.63, 3.8) is 0 Å². The molecule has 4 rings (SSSR count). The van der Waals surface area contributed by atoms with E-state index in [0.717, 1.165) is 57.3 Å². The molecule has 1 aliphatic heterocycles. The van der Waals surface area contributed by atoms with E-state index in [-0.39, 0.29) is 23.1 Å². The molecule has 156 valence electrons. The molecule has 3 aliphatic rings. The van der Waals surface area contributed by atoms with Crippen LogP contribution in [0.4, 0.5) is 0 Å². The van der Waals surface area contributed by atoms with Gasteiger partial charge in [-0.3, -0.25) is 14.6 Å². The molecule has 1 N–H and O–H groups in total. The fourth-order valence-electron chi connectivity index (χ4n) is 5.03. The van der Waals surface area contributed by atoms with Crippen LogP contribution < -0.4 is 5.32 Å². The van der Waals surface area contributed by atoms with Gasteiger partial charge in [0.2, 0.25) is 11.8 Å². The minimum atomic E-state index is 0.161. The molecular formula is C24H33N3O2. The van der Waals surface area contributed by atoms with Gasteiger partial charge in [0.1, 0.15) is 0 Å². The number of aryl methyl sites for hydroxylation is 1. The van der Waals surface area contributed by atoms with Crippen LogP contribution in [0.15, 0.2) is 36.2 Å². The lowest BCUT2D eigenvalue weighted by Crippen LogP contribution is -2.40. The number of carbonyl (C=O) groups excluding carboxylic acids is 2. The molecule has 2 aliphatic carbocycles. The number of aromatic nitrogens is 1. The zero-order valence-corrected chi connectivity index (χ0v) is 17.4. The van der Waals surface area contributed by atoms with Gasteiger partial charge in [0.25, 0.3) is 0 Å². The average molecular weight is 396 g/mol. The van der Waals surface area contributed by atoms with Crippen LogP contribution >= 0.6 is 0 Å². The van der Waals surface area contributed by atoms with E-state index < -0.39 is 0 Å². The summed E-state index contributed by atoms with van der Waals surface area (Å²) in [7, 11) is 0. The smallest absolute Gasteiger partial charge is 0.223 e. The first-order valence-corrected chi connectivity index (χ1v) is 11.3. The Labute approximate surface area is 174 Å². The van der Waals surface area contributed by atoms with Crippen molar-refractivity contribution in [2.45, 2.75) is 64.2 Å². The van der Waals surface area contributed by atoms with E-state index in [1.807, 2.05) is 23.2 Å². The molecule has 2 amide bonds. The number of amides is 2. The van der Waals surface area contributed by atoms with Gasteiger partial charge in [-0.25, -0.2) is 0 Å². The Kier molecular flexibility index (Phi) is 6.31. The van der Waals surface area contributed by atoms with Crippen LogP contribution in [0, 0.1) is 11.3 Å². The highest BCUT2D eigenvalue weighted by Gasteiger charge is 2.58. The topological polar surface area (TPSA) is 62.3 Å². The molecule has 2 heterocycles. The summed E-state index contributed by atoms with van der Waals surface area (Å²) < 4.78 is 0. The van der Waals surface area contributed by atoms with Crippen molar-refractivity contribution in [1.29, 1.82) is 0 Å². The van der Waals surface area contributed by atoms with Crippen molar-refractivity contribution >= 4 is 11.8 Å². The van der Waals surface area contributed by atoms with Crippen molar-refractivity contribution in [2.75, 3.05) is 19.6 Å². The summed E-state index contributed by atoms with van der Waals surface area (Å²) in [6.07, 6.45) is 16.2. The zero-order chi connectivity index (χ0) is 20.1. The number of nitrogens with one attached hydrogen (secondary N) is 1. The number of carbonyl (C=O) groups is 2. The molecular weight excluding hydrogens is 362 g/mol. The molecule has 1 atom stereocenters. The zero-order valence-electron chi connectivity index (χ0n) is 17.4. The first kappa shape index (κ1) is 20.1. The highest BCUT2D eigenvalue weighted by molar-refractivity contribution is 5.83. The van der Waals surface area contributed by atoms with Crippen molar-refractivity contribution in [1.82, 2.24) is 15.2 Å². The van der Waals surface area contributed by atoms with E-state index >= 15 is 0 Å². The largest absolute Gasteiger partial charge is 0.356 e. The lowest BCUT2D eigenvalue weighted by Gasteiger charge is -2.33. The number of rotatable bonds is 7. The molecule has 1 spiro atoms. The van der Waals surface area contributed by atoms with Crippen LogP contribution in [-0.4, -0.2) is 41.3 Å². The molecule has 1 aromatic heterocycles. The van der Waals surface area contributed by atoms with Crippen LogP contribution in [0.1, 0.15) is 63.4 Å². The van der Waals surface area contributed by atoms with Gasteiger partial charge in [0.15, 0.2) is 0 Å². The second kappa shape index (κ2) is 9.10. The summed E-state index contributed by atoms with van der Waals surface area (Å²) in [5.74, 6) is 0.624. The highest BCUT2D eigenvalue weighted by atomic mass is 16.2. The van der Waals surface area contributed by atoms with Crippen LogP contribution in [0.2, 0.25) is 0 Å². The Morgan fingerprint density at radius 3 is 2.79 bits per heavy atom. The van der Waals surface area contributed by atoms with Crippen molar-refractivity contribution in [3.05, 3.63) is 41.7 Å². The van der Waals surface area contributed by atoms with E-state index in [9.17, 15) is 9.59 Å². The SMILES string of the molecule is O=C(NCCC1=CCCCC1)[C@@H]1CC12CCN(C(=O)CCc1cccnc1)CC2. The molecule has 29 heavy (non-hydrogen) atoms. The molecule has 0 radical (unpaired) electrons. The number of hydrogen-bond donors (Lipinski definition) is 1. The summed E-state index contributed by atoms with van der Waals surface area (Å²) in [5.41, 5.74) is 2.78. The van der Waals surface area contributed by atoms with Gasteiger partial charge >= 0.3 is 0 Å². The number of allylic oxidation sites excluding steroid dienone is 1. The van der Waals surface area contributed by atoms with E-state index in [1.165, 1.54) is 31.3 Å². The molecule has 1 aromatic rings. The van der Waals surface area contributed by atoms with Crippen LogP contribution in [0.5, 0.6) is 0 Å². The summed E-state index contributed by atoms with van der Waals surface area (Å²) in [6.45, 7) is 2.36. The maximum Gasteiger partial charge on any atom is 0.223 e. The molecule has 1 saturated carbocycles. The second-order valence-electron chi connectivity index (χ2n) is 9.01. The maximum absolute atomic E-state index is 12.6. The Morgan fingerprint density at radius 2 is 2.07 bits per heavy atom. The first-order chi connectivity index (χ1) is 14.2. The normalized spacial score (nSPS) is 22.8. The summed E-state index contributed by atoms with van der Waals surface area (Å²) in [5, 5.41) is 3.17. The third-order valence-electron chi connectivity index (χ3n) is 7.10. The monoisotopic (exact) mass is 395 g/mol. The lowest BCUT2D eigenvalue weighted by atomic mass is 9.90. The molecule has 0 bridgehead atoms. The Balaban J connectivity index is 1.16. The van der Waals surface area contributed by atoms with Crippen LogP contribution in [0.25, 0.3) is 0 Å². The minimum Gasteiger partial charge on any atom is -0.356 e. The first-order valence-electron chi connectivity index (χ1n) is 11.3. The predicted octanol–water partition coefficient (Wildman–Crippen LogP) is 3.65. The van der Waals surface area contributed by atoms with Gasteiger partial charge in [0.05, 0.1) is 0 Å². The number of likely N-dealkylation sites (tertiary alicyclic amines) is 1. The quantitative estimate of drug-likeness (QED) is 0.717. The number of piperidine rings is 1. The molecule has 1 saturated heterocycles. The Bertz CT molecular complexity index is 751. The summed E-state index contributed by atoms with van der Waals surface area (Å²) in [4.78, 5) is 31.2. The van der Waals surface area contributed by atoms with Gasteiger partial charge in [-0.15, -0.1) is 0 Å². The average Bonchev–Trinajstić information content (AvgIpc) is 3.47. The Morgan fingerprint density at radius 1 is 1.21 bits per heavy atom. The number of nitrogens with zero attached hydrogens (tertiary/aromatic N) is 2. The molecule has 0 aromatic carbocycles. The molecule has 0 unspecified atom stereocenters. The van der Waals surface area contributed by atoms with Gasteiger partial charge in [-0.05, 0) is 74.8 Å². The fraction of sp³-hybridized carbons (Fsp3) is 0.625. The molecule has 2 fully saturated rings. The third kappa shape index (κ3) is 5.06. The summed E-state index contributed by atoms with van der Waals surface area (Å²) in [6, 6.07) is 3.93. The van der Waals surface area contributed by atoms with Gasteiger partial charge < -0.3 is 10.2 Å². The third-order valence-corrected chi connectivity index (χ3v) is 7.10. The van der Waals surface area contributed by atoms with Crippen molar-refractivity contribution in [3.8, 4) is 0 Å². The van der Waals surface area contributed by atoms with Crippen molar-refractivity contribution < 1.29 is 9.59 Å². The number of hydrogen-bond acceptors (Lipinski definition) is 3. The van der Waals surface area contributed by atoms with Crippen molar-refractivity contribution in [2.24, 2.45) is 11.3 Å². The maximum atomic E-state index is 12.6. The highest BCUT2D eigenvalue weighted by Crippen LogP contribution is 2.59. The van der Waals surface area contributed by atoms with Gasteiger partial charge in [0, 0.05) is 44.4 Å². The molecule has 5 nitrogen and oxygen atoms in total. The predicted molar refractivity (Wildman–Crippen MR) is 113 cm³/mol. The van der Waals surface area contributed by atoms with Crippen LogP contribution in [-0.2, 0) is 16.0 Å². The minimum absolute atomic E-state index is 0.161. The molecule has 5 heteroatoms. The summed E-state index contributed by atoms with van der Waals surface area (Å²) >= 11 is 0. The van der Waals surface area contributed by atoms with E-state index in [2.05, 4.69) is 16.4 Å². The van der Waals surface area contributed by atoms with E-state index in [4.69, 9.17) is 0 Å². The standard InChI is InChI=1S/C24H33N3O2/c28-22(9-8-20-7-4-13-25-18-20)27-15-11-24(12-16-27)17-21(24)23(29)26-14-10-19-5-2-1-3-6-19/h4-5,7,13,18,21H,1-3,6,8-12,14-17H2,(H,26,29)/t21-/m0/s1. The van der Waals surface area contributed by atoms with E-state index in [1.54, 1.807) is 6.20 Å².